The number of rotatable bonds is 6. The highest BCUT2D eigenvalue weighted by molar-refractivity contribution is 5.99. The van der Waals surface area contributed by atoms with Gasteiger partial charge in [0.1, 0.15) is 17.3 Å². The molecule has 0 radical (unpaired) electrons. The van der Waals surface area contributed by atoms with Gasteiger partial charge in [-0.05, 0) is 48.2 Å². The van der Waals surface area contributed by atoms with E-state index in [0.717, 1.165) is 12.0 Å². The summed E-state index contributed by atoms with van der Waals surface area (Å²) in [7, 11) is 0. The van der Waals surface area contributed by atoms with E-state index < -0.39 is 11.6 Å². The van der Waals surface area contributed by atoms with Gasteiger partial charge in [0.15, 0.2) is 5.78 Å². The molecule has 30 heavy (non-hydrogen) atoms. The fraction of sp³-hybridized carbons (Fsp3) is 0.217. The lowest BCUT2D eigenvalue weighted by molar-refractivity contribution is 0.0961. The van der Waals surface area contributed by atoms with E-state index in [1.165, 1.54) is 18.2 Å². The standard InChI is InChI=1S/C23H19F2N3O2/c1-2-4-20(29)17-8-7-13(11-26-17)9-14-10-18(22-15(24)5-3-6-16(22)25)28-19-12-27-23(30)21(14)19/h3,5-8,10-11H,2,4,9,12H2,1H3,(H,27,30). The van der Waals surface area contributed by atoms with Gasteiger partial charge in [-0.3, -0.25) is 14.6 Å². The van der Waals surface area contributed by atoms with Crippen molar-refractivity contribution >= 4 is 11.7 Å². The van der Waals surface area contributed by atoms with Gasteiger partial charge in [0.2, 0.25) is 0 Å². The van der Waals surface area contributed by atoms with Crippen LogP contribution in [0.15, 0.2) is 42.6 Å². The van der Waals surface area contributed by atoms with Crippen LogP contribution in [-0.4, -0.2) is 21.7 Å². The minimum Gasteiger partial charge on any atom is -0.346 e. The second kappa shape index (κ2) is 8.10. The zero-order chi connectivity index (χ0) is 21.3. The Labute approximate surface area is 172 Å². The van der Waals surface area contributed by atoms with Gasteiger partial charge in [0, 0.05) is 12.6 Å². The molecule has 5 nitrogen and oxygen atoms in total. The molecule has 0 fully saturated rings. The maximum absolute atomic E-state index is 14.3. The number of amides is 1. The lowest BCUT2D eigenvalue weighted by Crippen LogP contribution is -2.14. The molecule has 0 spiro atoms. The van der Waals surface area contributed by atoms with Crippen LogP contribution in [0.4, 0.5) is 8.78 Å². The van der Waals surface area contributed by atoms with E-state index in [1.54, 1.807) is 24.4 Å². The van der Waals surface area contributed by atoms with E-state index in [0.29, 0.717) is 35.4 Å². The summed E-state index contributed by atoms with van der Waals surface area (Å²) in [5, 5.41) is 2.71. The lowest BCUT2D eigenvalue weighted by atomic mass is 9.97. The van der Waals surface area contributed by atoms with E-state index in [9.17, 15) is 18.4 Å². The highest BCUT2D eigenvalue weighted by Gasteiger charge is 2.26. The van der Waals surface area contributed by atoms with E-state index in [-0.39, 0.29) is 29.5 Å². The number of aromatic nitrogens is 2. The van der Waals surface area contributed by atoms with Crippen LogP contribution in [0.3, 0.4) is 0 Å². The first-order valence-electron chi connectivity index (χ1n) is 9.71. The van der Waals surface area contributed by atoms with Crippen LogP contribution in [-0.2, 0) is 13.0 Å². The third-order valence-electron chi connectivity index (χ3n) is 5.02. The molecule has 2 aromatic heterocycles. The number of halogens is 2. The van der Waals surface area contributed by atoms with Gasteiger partial charge < -0.3 is 5.32 Å². The fourth-order valence-electron chi connectivity index (χ4n) is 3.59. The zero-order valence-corrected chi connectivity index (χ0v) is 16.3. The van der Waals surface area contributed by atoms with Gasteiger partial charge in [0.25, 0.3) is 5.91 Å². The number of pyridine rings is 2. The Balaban J connectivity index is 1.73. The summed E-state index contributed by atoms with van der Waals surface area (Å²) in [6.45, 7) is 2.13. The fourth-order valence-corrected chi connectivity index (χ4v) is 3.59. The van der Waals surface area contributed by atoms with Crippen molar-refractivity contribution in [3.05, 3.63) is 82.3 Å². The van der Waals surface area contributed by atoms with Crippen LogP contribution in [0.5, 0.6) is 0 Å². The summed E-state index contributed by atoms with van der Waals surface area (Å²) in [4.78, 5) is 32.9. The van der Waals surface area contributed by atoms with Crippen molar-refractivity contribution in [1.82, 2.24) is 15.3 Å². The molecule has 0 unspecified atom stereocenters. The Morgan fingerprint density at radius 3 is 2.57 bits per heavy atom. The van der Waals surface area contributed by atoms with Crippen LogP contribution in [0, 0.1) is 11.6 Å². The average molecular weight is 407 g/mol. The smallest absolute Gasteiger partial charge is 0.253 e. The number of nitrogens with one attached hydrogen (secondary N) is 1. The normalized spacial score (nSPS) is 12.6. The number of carbonyl (C=O) groups excluding carboxylic acids is 2. The van der Waals surface area contributed by atoms with Gasteiger partial charge in [-0.25, -0.2) is 13.8 Å². The molecule has 0 saturated heterocycles. The molecule has 1 aliphatic rings. The highest BCUT2D eigenvalue weighted by Crippen LogP contribution is 2.30. The quantitative estimate of drug-likeness (QED) is 0.621. The monoisotopic (exact) mass is 407 g/mol. The largest absolute Gasteiger partial charge is 0.346 e. The van der Waals surface area contributed by atoms with Gasteiger partial charge in [-0.1, -0.05) is 19.1 Å². The third kappa shape index (κ3) is 3.70. The highest BCUT2D eigenvalue weighted by atomic mass is 19.1. The molecule has 4 rings (SSSR count). The van der Waals surface area contributed by atoms with Crippen molar-refractivity contribution in [1.29, 1.82) is 0 Å². The first kappa shape index (κ1) is 19.8. The van der Waals surface area contributed by atoms with Gasteiger partial charge in [-0.2, -0.15) is 0 Å². The summed E-state index contributed by atoms with van der Waals surface area (Å²) in [6, 6.07) is 8.62. The summed E-state index contributed by atoms with van der Waals surface area (Å²) in [6.07, 6.45) is 3.08. The van der Waals surface area contributed by atoms with Crippen LogP contribution >= 0.6 is 0 Å². The molecule has 0 bridgehead atoms. The molecule has 1 aliphatic heterocycles. The zero-order valence-electron chi connectivity index (χ0n) is 16.3. The molecule has 0 aliphatic carbocycles. The van der Waals surface area contributed by atoms with Crippen molar-refractivity contribution in [2.24, 2.45) is 0 Å². The van der Waals surface area contributed by atoms with Crippen molar-refractivity contribution in [3.8, 4) is 11.3 Å². The van der Waals surface area contributed by atoms with Gasteiger partial charge >= 0.3 is 0 Å². The summed E-state index contributed by atoms with van der Waals surface area (Å²) in [5.74, 6) is -1.72. The molecule has 3 aromatic rings. The van der Waals surface area contributed by atoms with E-state index in [2.05, 4.69) is 15.3 Å². The average Bonchev–Trinajstić information content (AvgIpc) is 3.10. The van der Waals surface area contributed by atoms with E-state index >= 15 is 0 Å². The summed E-state index contributed by atoms with van der Waals surface area (Å²) < 4.78 is 28.6. The van der Waals surface area contributed by atoms with Crippen molar-refractivity contribution in [2.45, 2.75) is 32.7 Å². The second-order valence-corrected chi connectivity index (χ2v) is 7.17. The summed E-state index contributed by atoms with van der Waals surface area (Å²) in [5.41, 5.74) is 2.56. The number of ketones is 1. The van der Waals surface area contributed by atoms with Crippen molar-refractivity contribution in [2.75, 3.05) is 0 Å². The van der Waals surface area contributed by atoms with Crippen LogP contribution in [0.1, 0.15) is 57.4 Å². The van der Waals surface area contributed by atoms with E-state index in [4.69, 9.17) is 0 Å². The number of fused-ring (bicyclic) bond motifs is 1. The molecule has 7 heteroatoms. The van der Waals surface area contributed by atoms with Crippen LogP contribution in [0.25, 0.3) is 11.3 Å². The molecular weight excluding hydrogens is 388 g/mol. The molecule has 1 N–H and O–H groups in total. The van der Waals surface area contributed by atoms with E-state index in [1.807, 2.05) is 6.92 Å². The number of hydrogen-bond donors (Lipinski definition) is 1. The van der Waals surface area contributed by atoms with Gasteiger partial charge in [0.05, 0.1) is 29.1 Å². The Kier molecular flexibility index (Phi) is 5.35. The van der Waals surface area contributed by atoms with Crippen molar-refractivity contribution < 1.29 is 18.4 Å². The molecule has 1 aromatic carbocycles. The Morgan fingerprint density at radius 1 is 1.13 bits per heavy atom. The molecule has 1 amide bonds. The number of carbonyl (C=O) groups is 2. The number of Topliss-reactive ketones (excluding diaryl/α,β-unsaturated/α-hetero) is 1. The lowest BCUT2D eigenvalue weighted by Gasteiger charge is -2.11. The molecular formula is C23H19F2N3O2. The predicted octanol–water partition coefficient (Wildman–Crippen LogP) is 4.24. The molecule has 0 saturated carbocycles. The first-order valence-corrected chi connectivity index (χ1v) is 9.71. The van der Waals surface area contributed by atoms with Crippen molar-refractivity contribution in [3.63, 3.8) is 0 Å². The number of nitrogens with zero attached hydrogens (tertiary/aromatic N) is 2. The first-order chi connectivity index (χ1) is 14.5. The predicted molar refractivity (Wildman–Crippen MR) is 107 cm³/mol. The maximum Gasteiger partial charge on any atom is 0.253 e. The second-order valence-electron chi connectivity index (χ2n) is 7.17. The number of hydrogen-bond acceptors (Lipinski definition) is 4. The SMILES string of the molecule is CCCC(=O)c1ccc(Cc2cc(-c3c(F)cccc3F)nc3c2C(=O)NC3)cn1. The Bertz CT molecular complexity index is 1120. The minimum atomic E-state index is -0.717. The summed E-state index contributed by atoms with van der Waals surface area (Å²) >= 11 is 0. The molecule has 0 atom stereocenters. The third-order valence-corrected chi connectivity index (χ3v) is 5.02. The number of benzene rings is 1. The minimum absolute atomic E-state index is 0.0226. The Hall–Kier alpha value is -3.48. The Morgan fingerprint density at radius 2 is 1.90 bits per heavy atom. The molecule has 3 heterocycles. The topological polar surface area (TPSA) is 72.0 Å². The maximum atomic E-state index is 14.3. The van der Waals surface area contributed by atoms with Crippen LogP contribution in [0.2, 0.25) is 0 Å². The molecule has 152 valence electrons. The van der Waals surface area contributed by atoms with Crippen LogP contribution < -0.4 is 5.32 Å². The van der Waals surface area contributed by atoms with Gasteiger partial charge in [-0.15, -0.1) is 0 Å².